The molecule has 0 heterocycles. The van der Waals surface area contributed by atoms with E-state index in [2.05, 4.69) is 6.07 Å². The number of benzene rings is 2. The molecule has 0 N–H and O–H groups in total. The number of rotatable bonds is 5. The Morgan fingerprint density at radius 1 is 1.14 bits per heavy atom. The van der Waals surface area contributed by atoms with Crippen LogP contribution in [0.25, 0.3) is 0 Å². The van der Waals surface area contributed by atoms with Crippen LogP contribution < -0.4 is 4.74 Å². The first-order valence-electron chi connectivity index (χ1n) is 6.77. The summed E-state index contributed by atoms with van der Waals surface area (Å²) in [6.07, 6.45) is 0.186. The third-order valence-corrected chi connectivity index (χ3v) is 3.44. The van der Waals surface area contributed by atoms with Crippen LogP contribution in [0.3, 0.4) is 0 Å². The van der Waals surface area contributed by atoms with Gasteiger partial charge in [0.05, 0.1) is 19.1 Å². The molecule has 0 amide bonds. The molecule has 1 atom stereocenters. The number of hydrogen-bond donors (Lipinski definition) is 0. The first kappa shape index (κ1) is 14.8. The summed E-state index contributed by atoms with van der Waals surface area (Å²) in [5.74, 6) is 0.256. The summed E-state index contributed by atoms with van der Waals surface area (Å²) in [5.41, 5.74) is 2.62. The van der Waals surface area contributed by atoms with Gasteiger partial charge in [0.25, 0.3) is 0 Å². The summed E-state index contributed by atoms with van der Waals surface area (Å²) >= 11 is 0. The van der Waals surface area contributed by atoms with E-state index in [1.54, 1.807) is 31.4 Å². The van der Waals surface area contributed by atoms with E-state index in [0.717, 1.165) is 11.1 Å². The number of methoxy groups -OCH3 is 1. The number of nitrogens with zero attached hydrogens (tertiary/aromatic N) is 1. The zero-order chi connectivity index (χ0) is 15.2. The maximum absolute atomic E-state index is 12.3. The van der Waals surface area contributed by atoms with E-state index in [0.29, 0.717) is 11.3 Å². The lowest BCUT2D eigenvalue weighted by molar-refractivity contribution is 0.0979. The molecule has 0 aliphatic carbocycles. The average molecular weight is 279 g/mol. The van der Waals surface area contributed by atoms with Crippen LogP contribution in [0.15, 0.2) is 48.5 Å². The number of ether oxygens (including phenoxy) is 1. The Hall–Kier alpha value is -2.60. The molecule has 0 saturated heterocycles. The van der Waals surface area contributed by atoms with Crippen molar-refractivity contribution in [3.8, 4) is 11.8 Å². The third kappa shape index (κ3) is 3.70. The molecule has 3 nitrogen and oxygen atoms in total. The van der Waals surface area contributed by atoms with E-state index in [9.17, 15) is 10.1 Å². The number of carbonyl (C=O) groups is 1. The lowest BCUT2D eigenvalue weighted by Gasteiger charge is -2.09. The molecular weight excluding hydrogens is 262 g/mol. The topological polar surface area (TPSA) is 50.1 Å². The van der Waals surface area contributed by atoms with Gasteiger partial charge in [-0.15, -0.1) is 0 Å². The monoisotopic (exact) mass is 279 g/mol. The summed E-state index contributed by atoms with van der Waals surface area (Å²) in [7, 11) is 1.58. The van der Waals surface area contributed by atoms with Gasteiger partial charge < -0.3 is 4.74 Å². The van der Waals surface area contributed by atoms with E-state index in [-0.39, 0.29) is 12.2 Å². The number of hydrogen-bond acceptors (Lipinski definition) is 3. The highest BCUT2D eigenvalue weighted by molar-refractivity contribution is 5.96. The third-order valence-electron chi connectivity index (χ3n) is 3.44. The second-order valence-electron chi connectivity index (χ2n) is 4.95. The van der Waals surface area contributed by atoms with Crippen LogP contribution in [0, 0.1) is 18.3 Å². The van der Waals surface area contributed by atoms with E-state index < -0.39 is 5.92 Å². The molecule has 0 radical (unpaired) electrons. The van der Waals surface area contributed by atoms with Gasteiger partial charge in [0.1, 0.15) is 5.75 Å². The molecule has 2 aromatic carbocycles. The van der Waals surface area contributed by atoms with Crippen molar-refractivity contribution in [2.24, 2.45) is 0 Å². The lowest BCUT2D eigenvalue weighted by atomic mass is 9.92. The van der Waals surface area contributed by atoms with Crippen molar-refractivity contribution in [2.75, 3.05) is 7.11 Å². The molecular formula is C18H17NO2. The standard InChI is InChI=1S/C18H17NO2/c1-13-3-5-14(6-4-13)16(12-19)11-18(20)15-7-9-17(21-2)10-8-15/h3-10,16H,11H2,1-2H3. The Kier molecular flexibility index (Phi) is 4.73. The number of aryl methyl sites for hydroxylation is 1. The Balaban J connectivity index is 2.12. The van der Waals surface area contributed by atoms with Crippen LogP contribution in [0.1, 0.15) is 33.8 Å². The maximum atomic E-state index is 12.3. The second-order valence-corrected chi connectivity index (χ2v) is 4.95. The second kappa shape index (κ2) is 6.71. The summed E-state index contributed by atoms with van der Waals surface area (Å²) in [4.78, 5) is 12.3. The quantitative estimate of drug-likeness (QED) is 0.780. The van der Waals surface area contributed by atoms with Gasteiger partial charge in [-0.3, -0.25) is 4.79 Å². The largest absolute Gasteiger partial charge is 0.497 e. The molecule has 1 unspecified atom stereocenters. The fourth-order valence-corrected chi connectivity index (χ4v) is 2.12. The molecule has 0 aromatic heterocycles. The van der Waals surface area contributed by atoms with E-state index >= 15 is 0 Å². The first-order chi connectivity index (χ1) is 10.1. The van der Waals surface area contributed by atoms with Gasteiger partial charge in [-0.2, -0.15) is 5.26 Å². The van der Waals surface area contributed by atoms with Crippen molar-refractivity contribution in [2.45, 2.75) is 19.3 Å². The van der Waals surface area contributed by atoms with Crippen molar-refractivity contribution < 1.29 is 9.53 Å². The van der Waals surface area contributed by atoms with Crippen LogP contribution in [-0.4, -0.2) is 12.9 Å². The molecule has 2 aromatic rings. The van der Waals surface area contributed by atoms with Gasteiger partial charge in [-0.25, -0.2) is 0 Å². The van der Waals surface area contributed by atoms with Crippen molar-refractivity contribution in [1.82, 2.24) is 0 Å². The summed E-state index contributed by atoms with van der Waals surface area (Å²) in [6.45, 7) is 1.99. The number of nitriles is 1. The number of carbonyl (C=O) groups excluding carboxylic acids is 1. The summed E-state index contributed by atoms with van der Waals surface area (Å²) in [6, 6.07) is 16.9. The fourth-order valence-electron chi connectivity index (χ4n) is 2.12. The minimum atomic E-state index is -0.416. The van der Waals surface area contributed by atoms with Crippen molar-refractivity contribution >= 4 is 5.78 Å². The van der Waals surface area contributed by atoms with Gasteiger partial charge in [-0.1, -0.05) is 29.8 Å². The Bertz CT molecular complexity index is 651. The van der Waals surface area contributed by atoms with E-state index in [1.807, 2.05) is 31.2 Å². The number of ketones is 1. The molecule has 0 bridgehead atoms. The number of Topliss-reactive ketones (excluding diaryl/α,β-unsaturated/α-hetero) is 1. The molecule has 0 spiro atoms. The summed E-state index contributed by atoms with van der Waals surface area (Å²) in [5, 5.41) is 9.30. The molecule has 0 saturated carbocycles. The van der Waals surface area contributed by atoms with Crippen molar-refractivity contribution in [3.05, 3.63) is 65.2 Å². The lowest BCUT2D eigenvalue weighted by Crippen LogP contribution is -2.06. The highest BCUT2D eigenvalue weighted by Gasteiger charge is 2.16. The molecule has 106 valence electrons. The van der Waals surface area contributed by atoms with Crippen LogP contribution in [0.2, 0.25) is 0 Å². The van der Waals surface area contributed by atoms with Crippen LogP contribution in [0.4, 0.5) is 0 Å². The Morgan fingerprint density at radius 3 is 2.29 bits per heavy atom. The maximum Gasteiger partial charge on any atom is 0.164 e. The Morgan fingerprint density at radius 2 is 1.76 bits per heavy atom. The fraction of sp³-hybridized carbons (Fsp3) is 0.222. The van der Waals surface area contributed by atoms with Gasteiger partial charge in [0.2, 0.25) is 0 Å². The van der Waals surface area contributed by atoms with Crippen molar-refractivity contribution in [1.29, 1.82) is 5.26 Å². The summed E-state index contributed by atoms with van der Waals surface area (Å²) < 4.78 is 5.07. The smallest absolute Gasteiger partial charge is 0.164 e. The van der Waals surface area contributed by atoms with Crippen molar-refractivity contribution in [3.63, 3.8) is 0 Å². The SMILES string of the molecule is COc1ccc(C(=O)CC(C#N)c2ccc(C)cc2)cc1. The molecule has 3 heteroatoms. The van der Waals surface area contributed by atoms with Gasteiger partial charge >= 0.3 is 0 Å². The van der Waals surface area contributed by atoms with Crippen LogP contribution in [0.5, 0.6) is 5.75 Å². The van der Waals surface area contributed by atoms with Crippen LogP contribution in [-0.2, 0) is 0 Å². The van der Waals surface area contributed by atoms with E-state index in [1.165, 1.54) is 0 Å². The predicted octanol–water partition coefficient (Wildman–Crippen LogP) is 3.88. The van der Waals surface area contributed by atoms with E-state index in [4.69, 9.17) is 4.74 Å². The highest BCUT2D eigenvalue weighted by atomic mass is 16.5. The molecule has 21 heavy (non-hydrogen) atoms. The predicted molar refractivity (Wildman–Crippen MR) is 81.5 cm³/mol. The minimum Gasteiger partial charge on any atom is -0.497 e. The average Bonchev–Trinajstić information content (AvgIpc) is 2.53. The highest BCUT2D eigenvalue weighted by Crippen LogP contribution is 2.22. The normalized spacial score (nSPS) is 11.5. The first-order valence-corrected chi connectivity index (χ1v) is 6.77. The van der Waals surface area contributed by atoms with Gasteiger partial charge in [0, 0.05) is 12.0 Å². The minimum absolute atomic E-state index is 0.0372. The molecule has 0 fully saturated rings. The van der Waals surface area contributed by atoms with Gasteiger partial charge in [0.15, 0.2) is 5.78 Å². The molecule has 0 aliphatic rings. The molecule has 2 rings (SSSR count). The van der Waals surface area contributed by atoms with Crippen LogP contribution >= 0.6 is 0 Å². The zero-order valence-electron chi connectivity index (χ0n) is 12.2. The zero-order valence-corrected chi connectivity index (χ0v) is 12.2. The van der Waals surface area contributed by atoms with Gasteiger partial charge in [-0.05, 0) is 36.8 Å². The Labute approximate surface area is 124 Å². The molecule has 0 aliphatic heterocycles.